The van der Waals surface area contributed by atoms with E-state index < -0.39 is 10.0 Å². The Hall–Kier alpha value is -1.41. The summed E-state index contributed by atoms with van der Waals surface area (Å²) in [7, 11) is -2.05. The molecule has 21 heavy (non-hydrogen) atoms. The van der Waals surface area contributed by atoms with Gasteiger partial charge in [0.2, 0.25) is 10.0 Å². The Morgan fingerprint density at radius 2 is 2.05 bits per heavy atom. The van der Waals surface area contributed by atoms with Gasteiger partial charge in [0, 0.05) is 17.0 Å². The van der Waals surface area contributed by atoms with Gasteiger partial charge in [0.25, 0.3) is 0 Å². The lowest BCUT2D eigenvalue weighted by Gasteiger charge is -2.09. The molecule has 2 N–H and O–H groups in total. The molecule has 1 heterocycles. The van der Waals surface area contributed by atoms with E-state index in [0.717, 1.165) is 22.5 Å². The van der Waals surface area contributed by atoms with Gasteiger partial charge in [-0.05, 0) is 24.6 Å². The van der Waals surface area contributed by atoms with Gasteiger partial charge in [0.15, 0.2) is 0 Å². The summed E-state index contributed by atoms with van der Waals surface area (Å²) in [6.07, 6.45) is 0. The Labute approximate surface area is 128 Å². The van der Waals surface area contributed by atoms with Gasteiger partial charge >= 0.3 is 0 Å². The first-order valence-corrected chi connectivity index (χ1v) is 8.59. The molecular weight excluding hydrogens is 310 g/mol. The zero-order valence-corrected chi connectivity index (χ0v) is 13.4. The molecule has 2 aromatic rings. The molecule has 2 rings (SSSR count). The number of aliphatic hydroxyl groups is 1. The SMILES string of the molecule is COc1ccccc1CNS(=O)(=O)c1cc(C)c(CO)s1. The van der Waals surface area contributed by atoms with Gasteiger partial charge in [-0.15, -0.1) is 11.3 Å². The number of aliphatic hydroxyl groups excluding tert-OH is 1. The molecule has 0 bridgehead atoms. The normalized spacial score (nSPS) is 11.6. The van der Waals surface area contributed by atoms with Crippen molar-refractivity contribution in [2.45, 2.75) is 24.3 Å². The number of hydrogen-bond donors (Lipinski definition) is 2. The minimum Gasteiger partial charge on any atom is -0.496 e. The van der Waals surface area contributed by atoms with E-state index in [1.165, 1.54) is 0 Å². The Morgan fingerprint density at radius 3 is 2.67 bits per heavy atom. The predicted octanol–water partition coefficient (Wildman–Crippen LogP) is 2.04. The molecule has 1 aromatic carbocycles. The molecule has 0 spiro atoms. The van der Waals surface area contributed by atoms with Crippen LogP contribution in [0.15, 0.2) is 34.5 Å². The zero-order chi connectivity index (χ0) is 15.5. The third-order valence-corrected chi connectivity index (χ3v) is 6.15. The molecule has 114 valence electrons. The van der Waals surface area contributed by atoms with E-state index in [2.05, 4.69) is 4.72 Å². The van der Waals surface area contributed by atoms with Crippen molar-refractivity contribution in [3.8, 4) is 5.75 Å². The van der Waals surface area contributed by atoms with Gasteiger partial charge < -0.3 is 9.84 Å². The van der Waals surface area contributed by atoms with E-state index in [1.54, 1.807) is 32.2 Å². The zero-order valence-electron chi connectivity index (χ0n) is 11.8. The van der Waals surface area contributed by atoms with Crippen molar-refractivity contribution < 1.29 is 18.3 Å². The maximum absolute atomic E-state index is 12.3. The van der Waals surface area contributed by atoms with Crippen molar-refractivity contribution in [2.75, 3.05) is 7.11 Å². The van der Waals surface area contributed by atoms with Crippen LogP contribution in [0.1, 0.15) is 16.0 Å². The van der Waals surface area contributed by atoms with Crippen LogP contribution >= 0.6 is 11.3 Å². The highest BCUT2D eigenvalue weighted by molar-refractivity contribution is 7.91. The molecule has 0 saturated heterocycles. The average Bonchev–Trinajstić information content (AvgIpc) is 2.87. The minimum atomic E-state index is -3.59. The summed E-state index contributed by atoms with van der Waals surface area (Å²) < 4.78 is 32.5. The highest BCUT2D eigenvalue weighted by Gasteiger charge is 2.19. The van der Waals surface area contributed by atoms with Gasteiger partial charge in [0.05, 0.1) is 13.7 Å². The van der Waals surface area contributed by atoms with Gasteiger partial charge in [-0.25, -0.2) is 13.1 Å². The molecule has 5 nitrogen and oxygen atoms in total. The second-order valence-electron chi connectivity index (χ2n) is 4.47. The molecule has 0 saturated carbocycles. The van der Waals surface area contributed by atoms with E-state index in [9.17, 15) is 8.42 Å². The highest BCUT2D eigenvalue weighted by atomic mass is 32.2. The number of thiophene rings is 1. The standard InChI is InChI=1S/C14H17NO4S2/c1-10-7-14(20-13(10)9-16)21(17,18)15-8-11-5-3-4-6-12(11)19-2/h3-7,15-16H,8-9H2,1-2H3. The maximum Gasteiger partial charge on any atom is 0.250 e. The molecule has 7 heteroatoms. The monoisotopic (exact) mass is 327 g/mol. The number of aryl methyl sites for hydroxylation is 1. The predicted molar refractivity (Wildman–Crippen MR) is 82.0 cm³/mol. The van der Waals surface area contributed by atoms with Crippen LogP contribution in [0.5, 0.6) is 5.75 Å². The lowest BCUT2D eigenvalue weighted by Crippen LogP contribution is -2.22. The van der Waals surface area contributed by atoms with E-state index in [4.69, 9.17) is 9.84 Å². The molecule has 0 aliphatic heterocycles. The molecule has 0 aliphatic carbocycles. The summed E-state index contributed by atoms with van der Waals surface area (Å²) in [5, 5.41) is 9.15. The summed E-state index contributed by atoms with van der Waals surface area (Å²) in [6, 6.07) is 8.81. The summed E-state index contributed by atoms with van der Waals surface area (Å²) in [5.41, 5.74) is 1.54. The smallest absolute Gasteiger partial charge is 0.250 e. The van der Waals surface area contributed by atoms with Crippen LogP contribution in [0.3, 0.4) is 0 Å². The molecule has 0 aliphatic rings. The van der Waals surface area contributed by atoms with Crippen molar-refractivity contribution in [3.05, 3.63) is 46.3 Å². The van der Waals surface area contributed by atoms with Crippen molar-refractivity contribution in [1.82, 2.24) is 4.72 Å². The van der Waals surface area contributed by atoms with Gasteiger partial charge in [-0.1, -0.05) is 18.2 Å². The van der Waals surface area contributed by atoms with Crippen molar-refractivity contribution >= 4 is 21.4 Å². The van der Waals surface area contributed by atoms with Crippen LogP contribution < -0.4 is 9.46 Å². The number of nitrogens with one attached hydrogen (secondary N) is 1. The summed E-state index contributed by atoms with van der Waals surface area (Å²) in [6.45, 7) is 1.78. The van der Waals surface area contributed by atoms with Gasteiger partial charge in [-0.2, -0.15) is 0 Å². The molecule has 0 unspecified atom stereocenters. The minimum absolute atomic E-state index is 0.151. The van der Waals surface area contributed by atoms with Crippen LogP contribution in [0.25, 0.3) is 0 Å². The van der Waals surface area contributed by atoms with Crippen LogP contribution in [0, 0.1) is 6.92 Å². The number of benzene rings is 1. The summed E-state index contributed by atoms with van der Waals surface area (Å²) in [4.78, 5) is 0.660. The Balaban J connectivity index is 2.17. The maximum atomic E-state index is 12.3. The van der Waals surface area contributed by atoms with Crippen LogP contribution in [0.2, 0.25) is 0 Å². The lowest BCUT2D eigenvalue weighted by atomic mass is 10.2. The third kappa shape index (κ3) is 3.62. The van der Waals surface area contributed by atoms with Crippen molar-refractivity contribution in [3.63, 3.8) is 0 Å². The third-order valence-electron chi connectivity index (χ3n) is 3.05. The summed E-state index contributed by atoms with van der Waals surface area (Å²) >= 11 is 1.08. The highest BCUT2D eigenvalue weighted by Crippen LogP contribution is 2.26. The second-order valence-corrected chi connectivity index (χ2v) is 7.60. The number of ether oxygens (including phenoxy) is 1. The number of hydrogen-bond acceptors (Lipinski definition) is 5. The quantitative estimate of drug-likeness (QED) is 0.851. The molecule has 0 amide bonds. The van der Waals surface area contributed by atoms with Crippen molar-refractivity contribution in [2.24, 2.45) is 0 Å². The van der Waals surface area contributed by atoms with Crippen LogP contribution in [-0.2, 0) is 23.2 Å². The van der Waals surface area contributed by atoms with E-state index in [0.29, 0.717) is 10.6 Å². The fraction of sp³-hybridized carbons (Fsp3) is 0.286. The number of para-hydroxylation sites is 1. The molecule has 0 radical (unpaired) electrons. The summed E-state index contributed by atoms with van der Waals surface area (Å²) in [5.74, 6) is 0.638. The van der Waals surface area contributed by atoms with Crippen LogP contribution in [-0.4, -0.2) is 20.6 Å². The van der Waals surface area contributed by atoms with Crippen LogP contribution in [0.4, 0.5) is 0 Å². The first kappa shape index (κ1) is 16.0. The van der Waals surface area contributed by atoms with E-state index in [1.807, 2.05) is 12.1 Å². The fourth-order valence-electron chi connectivity index (χ4n) is 1.87. The molecule has 1 aromatic heterocycles. The average molecular weight is 327 g/mol. The topological polar surface area (TPSA) is 75.6 Å². The fourth-order valence-corrected chi connectivity index (χ4v) is 4.37. The van der Waals surface area contributed by atoms with Crippen molar-refractivity contribution in [1.29, 1.82) is 0 Å². The second kappa shape index (κ2) is 6.57. The van der Waals surface area contributed by atoms with Gasteiger partial charge in [0.1, 0.15) is 9.96 Å². The van der Waals surface area contributed by atoms with Gasteiger partial charge in [-0.3, -0.25) is 0 Å². The van der Waals surface area contributed by atoms with E-state index in [-0.39, 0.29) is 17.4 Å². The van der Waals surface area contributed by atoms with E-state index >= 15 is 0 Å². The Kier molecular flexibility index (Phi) is 5.00. The Bertz CT molecular complexity index is 722. The molecule has 0 fully saturated rings. The number of methoxy groups -OCH3 is 1. The largest absolute Gasteiger partial charge is 0.496 e. The number of sulfonamides is 1. The number of rotatable bonds is 6. The first-order chi connectivity index (χ1) is 9.97. The molecule has 0 atom stereocenters. The lowest BCUT2D eigenvalue weighted by molar-refractivity contribution is 0.285. The Morgan fingerprint density at radius 1 is 1.33 bits per heavy atom. The molecular formula is C14H17NO4S2. The first-order valence-electron chi connectivity index (χ1n) is 6.29.